The monoisotopic (exact) mass is 228 g/mol. The number of allylic oxidation sites excluding steroid dienone is 4. The van der Waals surface area contributed by atoms with Crippen LogP contribution >= 0.6 is 0 Å². The van der Waals surface area contributed by atoms with Crippen molar-refractivity contribution >= 4 is 0 Å². The first-order valence-electron chi connectivity index (χ1n) is 6.22. The lowest BCUT2D eigenvalue weighted by Crippen LogP contribution is -2.26. The van der Waals surface area contributed by atoms with Crippen molar-refractivity contribution in [1.29, 1.82) is 0 Å². The topological polar surface area (TPSA) is 20.2 Å². The molecule has 0 amide bonds. The molecule has 0 bridgehead atoms. The molecule has 0 saturated carbocycles. The molecule has 1 aliphatic rings. The zero-order valence-corrected chi connectivity index (χ0v) is 10.6. The van der Waals surface area contributed by atoms with Gasteiger partial charge in [0.25, 0.3) is 0 Å². The second-order valence-corrected chi connectivity index (χ2v) is 5.25. The molecule has 0 radical (unpaired) electrons. The maximum Gasteiger partial charge on any atom is 0.115 e. The van der Waals surface area contributed by atoms with E-state index in [9.17, 15) is 5.11 Å². The SMILES string of the molecule is CC(C)(c1ccc(O)cc1)C1C=CCC=CC1. The number of rotatable bonds is 2. The number of hydrogen-bond acceptors (Lipinski definition) is 1. The maximum atomic E-state index is 9.35. The Morgan fingerprint density at radius 1 is 1.06 bits per heavy atom. The Hall–Kier alpha value is -1.50. The van der Waals surface area contributed by atoms with E-state index in [-0.39, 0.29) is 5.41 Å². The standard InChI is InChI=1S/C16H20O/c1-16(2,13-7-5-3-4-6-8-13)14-9-11-15(17)12-10-14/h3,5-6,8-13,17H,4,7H2,1-2H3. The molecule has 1 aromatic rings. The third-order valence-electron chi connectivity index (χ3n) is 3.74. The Morgan fingerprint density at radius 2 is 1.76 bits per heavy atom. The molecule has 0 aromatic heterocycles. The van der Waals surface area contributed by atoms with Crippen molar-refractivity contribution in [2.24, 2.45) is 5.92 Å². The van der Waals surface area contributed by atoms with Gasteiger partial charge in [-0.25, -0.2) is 0 Å². The summed E-state index contributed by atoms with van der Waals surface area (Å²) in [6, 6.07) is 7.59. The zero-order chi connectivity index (χ0) is 12.3. The fourth-order valence-corrected chi connectivity index (χ4v) is 2.38. The Kier molecular flexibility index (Phi) is 3.37. The highest BCUT2D eigenvalue weighted by Gasteiger charge is 2.28. The lowest BCUT2D eigenvalue weighted by atomic mass is 9.72. The van der Waals surface area contributed by atoms with Gasteiger partial charge in [0.2, 0.25) is 0 Å². The number of phenols is 1. The summed E-state index contributed by atoms with van der Waals surface area (Å²) in [5.41, 5.74) is 1.37. The van der Waals surface area contributed by atoms with Crippen molar-refractivity contribution < 1.29 is 5.11 Å². The van der Waals surface area contributed by atoms with Crippen molar-refractivity contribution in [3.05, 3.63) is 54.1 Å². The van der Waals surface area contributed by atoms with Crippen LogP contribution in [0.15, 0.2) is 48.6 Å². The number of aromatic hydroxyl groups is 1. The molecule has 1 N–H and O–H groups in total. The van der Waals surface area contributed by atoms with Gasteiger partial charge in [-0.2, -0.15) is 0 Å². The highest BCUT2D eigenvalue weighted by molar-refractivity contribution is 5.32. The van der Waals surface area contributed by atoms with Crippen molar-refractivity contribution in [3.63, 3.8) is 0 Å². The fourth-order valence-electron chi connectivity index (χ4n) is 2.38. The van der Waals surface area contributed by atoms with Crippen molar-refractivity contribution in [2.45, 2.75) is 32.1 Å². The molecule has 1 aromatic carbocycles. The van der Waals surface area contributed by atoms with Gasteiger partial charge in [0, 0.05) is 0 Å². The Labute approximate surface area is 103 Å². The molecular formula is C16H20O. The lowest BCUT2D eigenvalue weighted by molar-refractivity contribution is 0.384. The number of phenolic OH excluding ortho intramolecular Hbond substituents is 1. The van der Waals surface area contributed by atoms with E-state index < -0.39 is 0 Å². The van der Waals surface area contributed by atoms with E-state index in [0.29, 0.717) is 11.7 Å². The third kappa shape index (κ3) is 2.60. The van der Waals surface area contributed by atoms with E-state index in [1.54, 1.807) is 12.1 Å². The summed E-state index contributed by atoms with van der Waals surface area (Å²) in [6.45, 7) is 4.54. The van der Waals surface area contributed by atoms with Crippen LogP contribution in [-0.4, -0.2) is 5.11 Å². The van der Waals surface area contributed by atoms with Crippen LogP contribution in [-0.2, 0) is 5.41 Å². The van der Waals surface area contributed by atoms with Crippen molar-refractivity contribution in [1.82, 2.24) is 0 Å². The molecule has 1 heteroatoms. The molecule has 1 atom stereocenters. The first-order valence-corrected chi connectivity index (χ1v) is 6.22. The van der Waals surface area contributed by atoms with E-state index in [2.05, 4.69) is 38.2 Å². The van der Waals surface area contributed by atoms with Gasteiger partial charge in [-0.15, -0.1) is 0 Å². The van der Waals surface area contributed by atoms with Gasteiger partial charge in [0.1, 0.15) is 5.75 Å². The summed E-state index contributed by atoms with van der Waals surface area (Å²) in [4.78, 5) is 0. The average molecular weight is 228 g/mol. The summed E-state index contributed by atoms with van der Waals surface area (Å²) in [5, 5.41) is 9.35. The van der Waals surface area contributed by atoms with E-state index in [0.717, 1.165) is 12.8 Å². The van der Waals surface area contributed by atoms with Gasteiger partial charge in [0.05, 0.1) is 0 Å². The first-order chi connectivity index (χ1) is 8.10. The van der Waals surface area contributed by atoms with Crippen molar-refractivity contribution in [3.8, 4) is 5.75 Å². The second-order valence-electron chi connectivity index (χ2n) is 5.25. The minimum Gasteiger partial charge on any atom is -0.508 e. The third-order valence-corrected chi connectivity index (χ3v) is 3.74. The molecule has 1 unspecified atom stereocenters. The van der Waals surface area contributed by atoms with E-state index >= 15 is 0 Å². The second kappa shape index (κ2) is 4.79. The Balaban J connectivity index is 2.28. The lowest BCUT2D eigenvalue weighted by Gasteiger charge is -2.32. The summed E-state index contributed by atoms with van der Waals surface area (Å²) in [7, 11) is 0. The fraction of sp³-hybridized carbons (Fsp3) is 0.375. The summed E-state index contributed by atoms with van der Waals surface area (Å²) in [6.07, 6.45) is 11.2. The predicted octanol–water partition coefficient (Wildman–Crippen LogP) is 4.19. The molecule has 0 saturated heterocycles. The van der Waals surface area contributed by atoms with Gasteiger partial charge >= 0.3 is 0 Å². The molecule has 2 rings (SSSR count). The summed E-state index contributed by atoms with van der Waals surface area (Å²) >= 11 is 0. The molecule has 0 spiro atoms. The highest BCUT2D eigenvalue weighted by Crippen LogP contribution is 2.36. The Morgan fingerprint density at radius 3 is 2.47 bits per heavy atom. The first kappa shape index (κ1) is 12.0. The van der Waals surface area contributed by atoms with Crippen LogP contribution < -0.4 is 0 Å². The van der Waals surface area contributed by atoms with Crippen LogP contribution in [0.4, 0.5) is 0 Å². The summed E-state index contributed by atoms with van der Waals surface area (Å²) < 4.78 is 0. The molecule has 0 fully saturated rings. The molecule has 0 heterocycles. The smallest absolute Gasteiger partial charge is 0.115 e. The van der Waals surface area contributed by atoms with Crippen LogP contribution in [0, 0.1) is 5.92 Å². The van der Waals surface area contributed by atoms with Crippen LogP contribution in [0.3, 0.4) is 0 Å². The van der Waals surface area contributed by atoms with Crippen molar-refractivity contribution in [2.75, 3.05) is 0 Å². The van der Waals surface area contributed by atoms with Gasteiger partial charge in [-0.3, -0.25) is 0 Å². The normalized spacial score (nSPS) is 20.2. The molecule has 0 aliphatic heterocycles. The maximum absolute atomic E-state index is 9.35. The number of hydrogen-bond donors (Lipinski definition) is 1. The zero-order valence-electron chi connectivity index (χ0n) is 10.6. The minimum atomic E-state index is 0.0961. The van der Waals surface area contributed by atoms with Crippen LogP contribution in [0.25, 0.3) is 0 Å². The van der Waals surface area contributed by atoms with Gasteiger partial charge in [0.15, 0.2) is 0 Å². The van der Waals surface area contributed by atoms with E-state index in [4.69, 9.17) is 0 Å². The Bertz CT molecular complexity index is 423. The molecule has 1 nitrogen and oxygen atoms in total. The highest BCUT2D eigenvalue weighted by atomic mass is 16.3. The number of benzene rings is 1. The molecule has 1 aliphatic carbocycles. The largest absolute Gasteiger partial charge is 0.508 e. The van der Waals surface area contributed by atoms with Gasteiger partial charge in [-0.05, 0) is 41.9 Å². The van der Waals surface area contributed by atoms with Gasteiger partial charge < -0.3 is 5.11 Å². The molecular weight excluding hydrogens is 208 g/mol. The molecule has 90 valence electrons. The molecule has 17 heavy (non-hydrogen) atoms. The van der Waals surface area contributed by atoms with Crippen LogP contribution in [0.5, 0.6) is 5.75 Å². The predicted molar refractivity (Wildman–Crippen MR) is 72.1 cm³/mol. The van der Waals surface area contributed by atoms with E-state index in [1.165, 1.54) is 5.56 Å². The van der Waals surface area contributed by atoms with Crippen LogP contribution in [0.2, 0.25) is 0 Å². The summed E-state index contributed by atoms with van der Waals surface area (Å²) in [5.74, 6) is 0.853. The van der Waals surface area contributed by atoms with Crippen LogP contribution in [0.1, 0.15) is 32.3 Å². The minimum absolute atomic E-state index is 0.0961. The average Bonchev–Trinajstić information content (AvgIpc) is 2.58. The van der Waals surface area contributed by atoms with E-state index in [1.807, 2.05) is 12.1 Å². The quantitative estimate of drug-likeness (QED) is 0.752. The van der Waals surface area contributed by atoms with Gasteiger partial charge in [-0.1, -0.05) is 50.3 Å².